The lowest BCUT2D eigenvalue weighted by Crippen LogP contribution is -2.62. The van der Waals surface area contributed by atoms with Gasteiger partial charge < -0.3 is 24.9 Å². The van der Waals surface area contributed by atoms with Crippen LogP contribution in [-0.2, 0) is 4.79 Å². The Bertz CT molecular complexity index is 1260. The van der Waals surface area contributed by atoms with Gasteiger partial charge in [0.2, 0.25) is 5.91 Å². The molecule has 0 radical (unpaired) electrons. The SMILES string of the molecule is O=C(Nc1ccc(Cl)cc1)C1CN(C(=O)c2cccc(-c3ccco3)c2)CCN1C(=O)NC1CCCC1. The third-order valence-electron chi connectivity index (χ3n) is 6.94. The molecule has 0 bridgehead atoms. The minimum atomic E-state index is -0.844. The van der Waals surface area contributed by atoms with Gasteiger partial charge in [-0.2, -0.15) is 0 Å². The molecule has 1 aromatic heterocycles. The Balaban J connectivity index is 1.34. The van der Waals surface area contributed by atoms with Gasteiger partial charge in [0.15, 0.2) is 0 Å². The van der Waals surface area contributed by atoms with Crippen molar-refractivity contribution in [2.45, 2.75) is 37.8 Å². The molecule has 192 valence electrons. The van der Waals surface area contributed by atoms with E-state index in [1.807, 2.05) is 12.1 Å². The van der Waals surface area contributed by atoms with Gasteiger partial charge in [0.25, 0.3) is 5.91 Å². The molecule has 0 spiro atoms. The van der Waals surface area contributed by atoms with Crippen molar-refractivity contribution in [2.24, 2.45) is 0 Å². The fraction of sp³-hybridized carbons (Fsp3) is 0.321. The number of amides is 4. The molecule has 37 heavy (non-hydrogen) atoms. The van der Waals surface area contributed by atoms with Crippen molar-refractivity contribution in [1.29, 1.82) is 0 Å². The topological polar surface area (TPSA) is 94.9 Å². The highest BCUT2D eigenvalue weighted by atomic mass is 35.5. The maximum Gasteiger partial charge on any atom is 0.318 e. The highest BCUT2D eigenvalue weighted by Crippen LogP contribution is 2.24. The number of hydrogen-bond donors (Lipinski definition) is 2. The van der Waals surface area contributed by atoms with Crippen LogP contribution < -0.4 is 10.6 Å². The van der Waals surface area contributed by atoms with Crippen LogP contribution in [-0.4, -0.2) is 59.4 Å². The average Bonchev–Trinajstić information content (AvgIpc) is 3.64. The number of carbonyl (C=O) groups is 3. The van der Waals surface area contributed by atoms with E-state index in [1.165, 1.54) is 0 Å². The van der Waals surface area contributed by atoms with E-state index in [2.05, 4.69) is 10.6 Å². The number of urea groups is 1. The zero-order valence-corrected chi connectivity index (χ0v) is 21.1. The highest BCUT2D eigenvalue weighted by molar-refractivity contribution is 6.30. The van der Waals surface area contributed by atoms with Crippen molar-refractivity contribution in [3.63, 3.8) is 0 Å². The summed E-state index contributed by atoms with van der Waals surface area (Å²) in [5.74, 6) is 0.113. The van der Waals surface area contributed by atoms with Crippen LogP contribution in [0.1, 0.15) is 36.0 Å². The summed E-state index contributed by atoms with van der Waals surface area (Å²) in [6, 6.07) is 16.6. The van der Waals surface area contributed by atoms with E-state index in [4.69, 9.17) is 16.0 Å². The number of anilines is 1. The molecule has 9 heteroatoms. The van der Waals surface area contributed by atoms with Crippen molar-refractivity contribution < 1.29 is 18.8 Å². The monoisotopic (exact) mass is 520 g/mol. The predicted octanol–water partition coefficient (Wildman–Crippen LogP) is 5.02. The number of nitrogens with zero attached hydrogens (tertiary/aromatic N) is 2. The summed E-state index contributed by atoms with van der Waals surface area (Å²) in [6.45, 7) is 0.662. The standard InChI is InChI=1S/C28H29ClN4O4/c29-21-10-12-23(13-11-21)30-26(34)24-18-32(14-15-33(24)28(36)31-22-7-1-2-8-22)27(35)20-6-3-5-19(17-20)25-9-4-16-37-25/h3-6,9-13,16-17,22,24H,1-2,7-8,14-15,18H2,(H,30,34)(H,31,36). The fourth-order valence-corrected chi connectivity index (χ4v) is 5.08. The van der Waals surface area contributed by atoms with Gasteiger partial charge in [0.1, 0.15) is 11.8 Å². The maximum absolute atomic E-state index is 13.5. The Hall–Kier alpha value is -3.78. The fourth-order valence-electron chi connectivity index (χ4n) is 4.95. The lowest BCUT2D eigenvalue weighted by Gasteiger charge is -2.40. The number of piperazine rings is 1. The van der Waals surface area contributed by atoms with Crippen LogP contribution in [0.15, 0.2) is 71.3 Å². The van der Waals surface area contributed by atoms with Crippen molar-refractivity contribution in [1.82, 2.24) is 15.1 Å². The average molecular weight is 521 g/mol. The first-order valence-corrected chi connectivity index (χ1v) is 12.9. The molecule has 4 amide bonds. The van der Waals surface area contributed by atoms with Crippen LogP contribution >= 0.6 is 11.6 Å². The molecule has 2 fully saturated rings. The van der Waals surface area contributed by atoms with Crippen molar-refractivity contribution in [3.05, 3.63) is 77.5 Å². The lowest BCUT2D eigenvalue weighted by atomic mass is 10.1. The minimum Gasteiger partial charge on any atom is -0.464 e. The minimum absolute atomic E-state index is 0.0846. The largest absolute Gasteiger partial charge is 0.464 e. The highest BCUT2D eigenvalue weighted by Gasteiger charge is 2.38. The van der Waals surface area contributed by atoms with Gasteiger partial charge in [-0.05, 0) is 61.4 Å². The molecule has 1 atom stereocenters. The van der Waals surface area contributed by atoms with Gasteiger partial charge >= 0.3 is 6.03 Å². The zero-order valence-electron chi connectivity index (χ0n) is 20.4. The van der Waals surface area contributed by atoms with Crippen LogP contribution in [0, 0.1) is 0 Å². The zero-order chi connectivity index (χ0) is 25.8. The van der Waals surface area contributed by atoms with E-state index in [0.29, 0.717) is 28.6 Å². The second kappa shape index (κ2) is 11.1. The van der Waals surface area contributed by atoms with Crippen LogP contribution in [0.5, 0.6) is 0 Å². The predicted molar refractivity (Wildman–Crippen MR) is 141 cm³/mol. The van der Waals surface area contributed by atoms with Crippen molar-refractivity contribution in [2.75, 3.05) is 25.0 Å². The molecule has 2 aromatic carbocycles. The molecular weight excluding hydrogens is 492 g/mol. The molecular formula is C28H29ClN4O4. The number of hydrogen-bond acceptors (Lipinski definition) is 4. The number of nitrogens with one attached hydrogen (secondary N) is 2. The molecule has 2 N–H and O–H groups in total. The number of benzene rings is 2. The van der Waals surface area contributed by atoms with Gasteiger partial charge in [-0.15, -0.1) is 0 Å². The van der Waals surface area contributed by atoms with Crippen LogP contribution in [0.2, 0.25) is 5.02 Å². The summed E-state index contributed by atoms with van der Waals surface area (Å²) < 4.78 is 5.47. The first-order chi connectivity index (χ1) is 18.0. The third-order valence-corrected chi connectivity index (χ3v) is 7.19. The summed E-state index contributed by atoms with van der Waals surface area (Å²) in [6.07, 6.45) is 5.65. The normalized spacial score (nSPS) is 18.0. The van der Waals surface area contributed by atoms with Gasteiger partial charge in [-0.25, -0.2) is 4.79 Å². The smallest absolute Gasteiger partial charge is 0.318 e. The number of rotatable bonds is 5. The van der Waals surface area contributed by atoms with E-state index in [-0.39, 0.29) is 37.0 Å². The van der Waals surface area contributed by atoms with Gasteiger partial charge in [0.05, 0.1) is 12.8 Å². The first-order valence-electron chi connectivity index (χ1n) is 12.5. The van der Waals surface area contributed by atoms with Crippen molar-refractivity contribution in [3.8, 4) is 11.3 Å². The molecule has 8 nitrogen and oxygen atoms in total. The molecule has 1 saturated heterocycles. The Kier molecular flexibility index (Phi) is 7.46. The quantitative estimate of drug-likeness (QED) is 0.494. The molecule has 2 aliphatic rings. The Labute approximate surface area is 220 Å². The summed E-state index contributed by atoms with van der Waals surface area (Å²) in [4.78, 5) is 43.2. The molecule has 5 rings (SSSR count). The second-order valence-corrected chi connectivity index (χ2v) is 9.88. The van der Waals surface area contributed by atoms with E-state index in [1.54, 1.807) is 64.6 Å². The summed E-state index contributed by atoms with van der Waals surface area (Å²) in [5.41, 5.74) is 1.86. The Morgan fingerprint density at radius 3 is 2.46 bits per heavy atom. The molecule has 1 aliphatic heterocycles. The number of carbonyl (C=O) groups excluding carboxylic acids is 3. The second-order valence-electron chi connectivity index (χ2n) is 9.45. The van der Waals surface area contributed by atoms with E-state index in [9.17, 15) is 14.4 Å². The molecule has 1 unspecified atom stereocenters. The number of furan rings is 1. The van der Waals surface area contributed by atoms with Gasteiger partial charge in [-0.1, -0.05) is 36.6 Å². The third kappa shape index (κ3) is 5.80. The van der Waals surface area contributed by atoms with Crippen LogP contribution in [0.3, 0.4) is 0 Å². The van der Waals surface area contributed by atoms with Crippen LogP contribution in [0.4, 0.5) is 10.5 Å². The van der Waals surface area contributed by atoms with E-state index in [0.717, 1.165) is 31.2 Å². The first kappa shape index (κ1) is 24.9. The van der Waals surface area contributed by atoms with Crippen molar-refractivity contribution >= 4 is 35.1 Å². The molecule has 1 saturated carbocycles. The Morgan fingerprint density at radius 1 is 0.946 bits per heavy atom. The van der Waals surface area contributed by atoms with E-state index < -0.39 is 6.04 Å². The molecule has 1 aliphatic carbocycles. The Morgan fingerprint density at radius 2 is 1.73 bits per heavy atom. The lowest BCUT2D eigenvalue weighted by molar-refractivity contribution is -0.121. The maximum atomic E-state index is 13.5. The van der Waals surface area contributed by atoms with Crippen LogP contribution in [0.25, 0.3) is 11.3 Å². The van der Waals surface area contributed by atoms with E-state index >= 15 is 0 Å². The summed E-state index contributed by atoms with van der Waals surface area (Å²) >= 11 is 5.97. The van der Waals surface area contributed by atoms with Gasteiger partial charge in [-0.3, -0.25) is 9.59 Å². The summed E-state index contributed by atoms with van der Waals surface area (Å²) in [7, 11) is 0. The number of halogens is 1. The molecule has 3 aromatic rings. The molecule has 2 heterocycles. The summed E-state index contributed by atoms with van der Waals surface area (Å²) in [5, 5.41) is 6.51. The van der Waals surface area contributed by atoms with Gasteiger partial charge in [0, 0.05) is 41.0 Å².